The van der Waals surface area contributed by atoms with Gasteiger partial charge in [-0.25, -0.2) is 0 Å². The van der Waals surface area contributed by atoms with Crippen molar-refractivity contribution < 1.29 is 9.53 Å². The summed E-state index contributed by atoms with van der Waals surface area (Å²) in [5.74, 6) is 0.995. The lowest BCUT2D eigenvalue weighted by Gasteiger charge is -2.15. The summed E-state index contributed by atoms with van der Waals surface area (Å²) in [6.45, 7) is 3.45. The van der Waals surface area contributed by atoms with Crippen LogP contribution in [0.3, 0.4) is 0 Å². The number of rotatable bonds is 7. The van der Waals surface area contributed by atoms with E-state index >= 15 is 0 Å². The molecule has 1 fully saturated rings. The molecule has 1 amide bonds. The number of halogens is 1. The predicted octanol–water partition coefficient (Wildman–Crippen LogP) is 2.45. The van der Waals surface area contributed by atoms with Gasteiger partial charge in [-0.05, 0) is 37.1 Å². The molecule has 1 N–H and O–H groups in total. The summed E-state index contributed by atoms with van der Waals surface area (Å²) in [6.07, 6.45) is 2.71. The van der Waals surface area contributed by atoms with Crippen molar-refractivity contribution in [2.45, 2.75) is 25.8 Å². The number of benzene rings is 1. The van der Waals surface area contributed by atoms with Crippen LogP contribution in [0.4, 0.5) is 0 Å². The smallest absolute Gasteiger partial charge is 0.222 e. The van der Waals surface area contributed by atoms with Crippen LogP contribution in [0.15, 0.2) is 18.2 Å². The van der Waals surface area contributed by atoms with E-state index in [1.165, 1.54) is 0 Å². The number of hydrogen-bond donors (Lipinski definition) is 1. The van der Waals surface area contributed by atoms with Gasteiger partial charge in [-0.15, -0.1) is 0 Å². The van der Waals surface area contributed by atoms with E-state index in [4.69, 9.17) is 16.3 Å². The van der Waals surface area contributed by atoms with E-state index in [2.05, 4.69) is 5.32 Å². The maximum Gasteiger partial charge on any atom is 0.222 e. The number of likely N-dealkylation sites (tertiary alicyclic amines) is 1. The predicted molar refractivity (Wildman–Crippen MR) is 80.1 cm³/mol. The van der Waals surface area contributed by atoms with Crippen LogP contribution >= 0.6 is 11.6 Å². The van der Waals surface area contributed by atoms with Crippen LogP contribution in [-0.4, -0.2) is 37.6 Å². The fourth-order valence-corrected chi connectivity index (χ4v) is 2.67. The minimum atomic E-state index is 0.298. The monoisotopic (exact) mass is 296 g/mol. The first-order valence-electron chi connectivity index (χ1n) is 7.01. The highest BCUT2D eigenvalue weighted by atomic mass is 35.5. The largest absolute Gasteiger partial charge is 0.495 e. The summed E-state index contributed by atoms with van der Waals surface area (Å²) < 4.78 is 5.12. The maximum absolute atomic E-state index is 11.4. The van der Waals surface area contributed by atoms with E-state index < -0.39 is 0 Å². The van der Waals surface area contributed by atoms with E-state index in [1.54, 1.807) is 7.11 Å². The quantitative estimate of drug-likeness (QED) is 0.786. The molecule has 1 heterocycles. The number of nitrogens with one attached hydrogen (secondary N) is 1. The number of nitrogens with zero attached hydrogens (tertiary/aromatic N) is 1. The Morgan fingerprint density at radius 1 is 1.45 bits per heavy atom. The van der Waals surface area contributed by atoms with Crippen LogP contribution < -0.4 is 10.1 Å². The third kappa shape index (κ3) is 4.12. The number of hydrogen-bond acceptors (Lipinski definition) is 3. The van der Waals surface area contributed by atoms with Crippen LogP contribution in [0.25, 0.3) is 0 Å². The molecule has 0 radical (unpaired) electrons. The topological polar surface area (TPSA) is 41.6 Å². The maximum atomic E-state index is 11.4. The summed E-state index contributed by atoms with van der Waals surface area (Å²) in [7, 11) is 1.61. The standard InChI is InChI=1S/C15H21ClN2O2/c1-20-14-6-5-12(10-13(14)16)11-17-7-3-9-18-8-2-4-15(18)19/h5-6,10,17H,2-4,7-9,11H2,1H3. The molecule has 1 aromatic rings. The van der Waals surface area contributed by atoms with E-state index in [9.17, 15) is 4.79 Å². The molecule has 0 aromatic heterocycles. The zero-order valence-electron chi connectivity index (χ0n) is 11.8. The molecule has 1 aliphatic rings. The molecule has 0 atom stereocenters. The van der Waals surface area contributed by atoms with E-state index in [-0.39, 0.29) is 0 Å². The molecule has 1 aliphatic heterocycles. The minimum absolute atomic E-state index is 0.298. The Balaban J connectivity index is 1.65. The van der Waals surface area contributed by atoms with Crippen LogP contribution in [0.5, 0.6) is 5.75 Å². The average molecular weight is 297 g/mol. The summed E-state index contributed by atoms with van der Waals surface area (Å²) >= 11 is 6.07. The zero-order chi connectivity index (χ0) is 14.4. The van der Waals surface area contributed by atoms with Crippen molar-refractivity contribution in [3.63, 3.8) is 0 Å². The van der Waals surface area contributed by atoms with Gasteiger partial charge in [0.25, 0.3) is 0 Å². The highest BCUT2D eigenvalue weighted by Gasteiger charge is 2.18. The van der Waals surface area contributed by atoms with Crippen molar-refractivity contribution in [3.8, 4) is 5.75 Å². The molecule has 4 nitrogen and oxygen atoms in total. The van der Waals surface area contributed by atoms with E-state index in [0.717, 1.165) is 51.0 Å². The number of carbonyl (C=O) groups excluding carboxylic acids is 1. The average Bonchev–Trinajstić information content (AvgIpc) is 2.84. The zero-order valence-corrected chi connectivity index (χ0v) is 12.6. The van der Waals surface area contributed by atoms with Gasteiger partial charge < -0.3 is 15.0 Å². The van der Waals surface area contributed by atoms with Gasteiger partial charge in [-0.3, -0.25) is 4.79 Å². The molecule has 0 bridgehead atoms. The molecule has 20 heavy (non-hydrogen) atoms. The van der Waals surface area contributed by atoms with Gasteiger partial charge in [0.1, 0.15) is 5.75 Å². The second kappa shape index (κ2) is 7.50. The van der Waals surface area contributed by atoms with Crippen molar-refractivity contribution in [3.05, 3.63) is 28.8 Å². The molecular formula is C15H21ClN2O2. The summed E-state index contributed by atoms with van der Waals surface area (Å²) in [4.78, 5) is 13.4. The summed E-state index contributed by atoms with van der Waals surface area (Å²) in [5.41, 5.74) is 1.13. The lowest BCUT2D eigenvalue weighted by Crippen LogP contribution is -2.28. The Bertz CT molecular complexity index is 465. The molecule has 1 aromatic carbocycles. The van der Waals surface area contributed by atoms with Crippen LogP contribution in [0, 0.1) is 0 Å². The lowest BCUT2D eigenvalue weighted by molar-refractivity contribution is -0.127. The SMILES string of the molecule is COc1ccc(CNCCCN2CCCC2=O)cc1Cl. The van der Waals surface area contributed by atoms with Gasteiger partial charge >= 0.3 is 0 Å². The van der Waals surface area contributed by atoms with Crippen LogP contribution in [0.2, 0.25) is 5.02 Å². The molecule has 0 unspecified atom stereocenters. The molecule has 0 spiro atoms. The Labute approximate surface area is 125 Å². The first-order chi connectivity index (χ1) is 9.70. The number of carbonyl (C=O) groups is 1. The number of ether oxygens (including phenoxy) is 1. The molecule has 2 rings (SSSR count). The number of amides is 1. The second-order valence-electron chi connectivity index (χ2n) is 4.98. The van der Waals surface area contributed by atoms with Crippen molar-refractivity contribution in [1.29, 1.82) is 0 Å². The Kier molecular flexibility index (Phi) is 5.68. The van der Waals surface area contributed by atoms with E-state index in [0.29, 0.717) is 16.7 Å². The molecular weight excluding hydrogens is 276 g/mol. The van der Waals surface area contributed by atoms with Gasteiger partial charge in [0, 0.05) is 26.1 Å². The molecule has 0 saturated carbocycles. The molecule has 5 heteroatoms. The Hall–Kier alpha value is -1.26. The van der Waals surface area contributed by atoms with Gasteiger partial charge in [0.05, 0.1) is 12.1 Å². The third-order valence-corrected chi connectivity index (χ3v) is 3.79. The Morgan fingerprint density at radius 3 is 2.95 bits per heavy atom. The van der Waals surface area contributed by atoms with Gasteiger partial charge in [0.15, 0.2) is 0 Å². The van der Waals surface area contributed by atoms with E-state index in [1.807, 2.05) is 23.1 Å². The second-order valence-corrected chi connectivity index (χ2v) is 5.39. The molecule has 110 valence electrons. The Morgan fingerprint density at radius 2 is 2.30 bits per heavy atom. The van der Waals surface area contributed by atoms with Crippen molar-refractivity contribution in [2.75, 3.05) is 26.7 Å². The first-order valence-corrected chi connectivity index (χ1v) is 7.39. The highest BCUT2D eigenvalue weighted by Crippen LogP contribution is 2.24. The highest BCUT2D eigenvalue weighted by molar-refractivity contribution is 6.32. The van der Waals surface area contributed by atoms with Crippen molar-refractivity contribution >= 4 is 17.5 Å². The fourth-order valence-electron chi connectivity index (χ4n) is 2.39. The van der Waals surface area contributed by atoms with Crippen LogP contribution in [0.1, 0.15) is 24.8 Å². The van der Waals surface area contributed by atoms with Gasteiger partial charge in [0.2, 0.25) is 5.91 Å². The lowest BCUT2D eigenvalue weighted by atomic mass is 10.2. The normalized spacial score (nSPS) is 14.9. The van der Waals surface area contributed by atoms with Crippen molar-refractivity contribution in [1.82, 2.24) is 10.2 Å². The fraction of sp³-hybridized carbons (Fsp3) is 0.533. The summed E-state index contributed by atoms with van der Waals surface area (Å²) in [6, 6.07) is 5.79. The van der Waals surface area contributed by atoms with Crippen LogP contribution in [-0.2, 0) is 11.3 Å². The molecule has 0 aliphatic carbocycles. The van der Waals surface area contributed by atoms with Gasteiger partial charge in [-0.1, -0.05) is 17.7 Å². The third-order valence-electron chi connectivity index (χ3n) is 3.50. The first kappa shape index (κ1) is 15.1. The van der Waals surface area contributed by atoms with Gasteiger partial charge in [-0.2, -0.15) is 0 Å². The summed E-state index contributed by atoms with van der Waals surface area (Å²) in [5, 5.41) is 4.00. The number of methoxy groups -OCH3 is 1. The minimum Gasteiger partial charge on any atom is -0.495 e. The van der Waals surface area contributed by atoms with Crippen molar-refractivity contribution in [2.24, 2.45) is 0 Å². The molecule has 1 saturated heterocycles.